The molecule has 2 saturated heterocycles. The van der Waals surface area contributed by atoms with Crippen molar-refractivity contribution in [2.45, 2.75) is 33.1 Å². The van der Waals surface area contributed by atoms with Gasteiger partial charge in [0, 0.05) is 26.2 Å². The largest absolute Gasteiger partial charge is 0.319 e. The summed E-state index contributed by atoms with van der Waals surface area (Å²) in [5.41, 5.74) is 0. The zero-order valence-electron chi connectivity index (χ0n) is 13.0. The third-order valence-corrected chi connectivity index (χ3v) is 6.89. The minimum Gasteiger partial charge on any atom is -0.319 e. The van der Waals surface area contributed by atoms with E-state index >= 15 is 0 Å². The van der Waals surface area contributed by atoms with Gasteiger partial charge in [-0.2, -0.15) is 17.0 Å². The third-order valence-electron chi connectivity index (χ3n) is 4.92. The molecule has 20 heavy (non-hydrogen) atoms. The Hall–Kier alpha value is -0.170. The quantitative estimate of drug-likeness (QED) is 0.847. The molecule has 0 radical (unpaired) electrons. The van der Waals surface area contributed by atoms with E-state index in [-0.39, 0.29) is 0 Å². The summed E-state index contributed by atoms with van der Waals surface area (Å²) in [6, 6.07) is 0. The number of rotatable bonds is 4. The van der Waals surface area contributed by atoms with Crippen molar-refractivity contribution < 1.29 is 8.42 Å². The molecule has 2 rings (SSSR count). The van der Waals surface area contributed by atoms with Gasteiger partial charge in [0.05, 0.1) is 0 Å². The van der Waals surface area contributed by atoms with Crippen LogP contribution in [0.4, 0.5) is 0 Å². The SMILES string of the molecule is CNCC1CCCN(S(=O)(=O)N2CCC(C)C(C)C2)C1. The van der Waals surface area contributed by atoms with Crippen molar-refractivity contribution in [2.75, 3.05) is 39.8 Å². The number of hydrogen-bond donors (Lipinski definition) is 1. The zero-order valence-corrected chi connectivity index (χ0v) is 13.8. The molecule has 3 atom stereocenters. The second kappa shape index (κ2) is 6.73. The highest BCUT2D eigenvalue weighted by Crippen LogP contribution is 2.27. The van der Waals surface area contributed by atoms with Crippen LogP contribution in [0.25, 0.3) is 0 Å². The fraction of sp³-hybridized carbons (Fsp3) is 1.00. The maximum absolute atomic E-state index is 12.8. The molecule has 6 heteroatoms. The van der Waals surface area contributed by atoms with Crippen molar-refractivity contribution in [1.82, 2.24) is 13.9 Å². The lowest BCUT2D eigenvalue weighted by molar-refractivity contribution is 0.188. The second-order valence-electron chi connectivity index (χ2n) is 6.53. The van der Waals surface area contributed by atoms with E-state index in [0.717, 1.165) is 25.8 Å². The van der Waals surface area contributed by atoms with Gasteiger partial charge in [-0.05, 0) is 50.6 Å². The monoisotopic (exact) mass is 303 g/mol. The smallest absolute Gasteiger partial charge is 0.281 e. The average molecular weight is 303 g/mol. The molecule has 2 aliphatic rings. The number of hydrogen-bond acceptors (Lipinski definition) is 3. The van der Waals surface area contributed by atoms with E-state index in [2.05, 4.69) is 19.2 Å². The minimum absolute atomic E-state index is 0.449. The Morgan fingerprint density at radius 2 is 1.75 bits per heavy atom. The summed E-state index contributed by atoms with van der Waals surface area (Å²) in [6.45, 7) is 7.99. The van der Waals surface area contributed by atoms with Crippen molar-refractivity contribution in [3.05, 3.63) is 0 Å². The maximum Gasteiger partial charge on any atom is 0.281 e. The lowest BCUT2D eigenvalue weighted by Gasteiger charge is -2.39. The van der Waals surface area contributed by atoms with Gasteiger partial charge < -0.3 is 5.32 Å². The Balaban J connectivity index is 2.02. The molecule has 0 spiro atoms. The van der Waals surface area contributed by atoms with Crippen LogP contribution in [0.15, 0.2) is 0 Å². The summed E-state index contributed by atoms with van der Waals surface area (Å²) in [4.78, 5) is 0. The molecule has 0 aromatic carbocycles. The van der Waals surface area contributed by atoms with E-state index in [0.29, 0.717) is 43.9 Å². The van der Waals surface area contributed by atoms with Gasteiger partial charge in [-0.25, -0.2) is 0 Å². The van der Waals surface area contributed by atoms with Crippen LogP contribution in [0.5, 0.6) is 0 Å². The standard InChI is InChI=1S/C14H29N3O2S/c1-12-6-8-17(10-13(12)2)20(18,19)16-7-4-5-14(11-16)9-15-3/h12-15H,4-11H2,1-3H3. The highest BCUT2D eigenvalue weighted by Gasteiger charge is 2.36. The summed E-state index contributed by atoms with van der Waals surface area (Å²) >= 11 is 0. The lowest BCUT2D eigenvalue weighted by atomic mass is 9.90. The van der Waals surface area contributed by atoms with Crippen LogP contribution in [0, 0.1) is 17.8 Å². The van der Waals surface area contributed by atoms with Gasteiger partial charge in [-0.15, -0.1) is 0 Å². The van der Waals surface area contributed by atoms with Crippen molar-refractivity contribution in [1.29, 1.82) is 0 Å². The first-order valence-corrected chi connectivity index (χ1v) is 9.24. The van der Waals surface area contributed by atoms with Gasteiger partial charge in [0.25, 0.3) is 10.2 Å². The van der Waals surface area contributed by atoms with Crippen LogP contribution >= 0.6 is 0 Å². The van der Waals surface area contributed by atoms with E-state index in [1.54, 1.807) is 8.61 Å². The first-order chi connectivity index (χ1) is 9.45. The molecule has 3 unspecified atom stereocenters. The Morgan fingerprint density at radius 1 is 1.05 bits per heavy atom. The highest BCUT2D eigenvalue weighted by atomic mass is 32.2. The molecule has 1 N–H and O–H groups in total. The van der Waals surface area contributed by atoms with Crippen LogP contribution < -0.4 is 5.32 Å². The molecule has 0 aromatic heterocycles. The van der Waals surface area contributed by atoms with Gasteiger partial charge >= 0.3 is 0 Å². The van der Waals surface area contributed by atoms with E-state index in [1.165, 1.54) is 0 Å². The van der Waals surface area contributed by atoms with Crippen LogP contribution in [0.2, 0.25) is 0 Å². The predicted octanol–water partition coefficient (Wildman–Crippen LogP) is 1.14. The van der Waals surface area contributed by atoms with E-state index < -0.39 is 10.2 Å². The molecular weight excluding hydrogens is 274 g/mol. The zero-order chi connectivity index (χ0) is 14.8. The summed E-state index contributed by atoms with van der Waals surface area (Å²) in [6.07, 6.45) is 3.08. The molecule has 5 nitrogen and oxygen atoms in total. The molecule has 2 fully saturated rings. The maximum atomic E-state index is 12.8. The Bertz CT molecular complexity index is 411. The molecule has 0 aliphatic carbocycles. The molecule has 0 aromatic rings. The van der Waals surface area contributed by atoms with Gasteiger partial charge in [-0.1, -0.05) is 13.8 Å². The normalized spacial score (nSPS) is 34.2. The molecular formula is C14H29N3O2S. The van der Waals surface area contributed by atoms with Crippen LogP contribution in [-0.2, 0) is 10.2 Å². The average Bonchev–Trinajstić information content (AvgIpc) is 2.42. The van der Waals surface area contributed by atoms with Crippen molar-refractivity contribution in [2.24, 2.45) is 17.8 Å². The van der Waals surface area contributed by atoms with Crippen molar-refractivity contribution >= 4 is 10.2 Å². The van der Waals surface area contributed by atoms with E-state index in [4.69, 9.17) is 0 Å². The fourth-order valence-corrected chi connectivity index (χ4v) is 5.13. The first-order valence-electron chi connectivity index (χ1n) is 7.85. The van der Waals surface area contributed by atoms with E-state index in [1.807, 2.05) is 7.05 Å². The van der Waals surface area contributed by atoms with E-state index in [9.17, 15) is 8.42 Å². The van der Waals surface area contributed by atoms with Gasteiger partial charge in [-0.3, -0.25) is 0 Å². The molecule has 118 valence electrons. The second-order valence-corrected chi connectivity index (χ2v) is 8.46. The molecule has 2 aliphatic heterocycles. The summed E-state index contributed by atoms with van der Waals surface area (Å²) < 4.78 is 29.0. The molecule has 0 bridgehead atoms. The van der Waals surface area contributed by atoms with Crippen molar-refractivity contribution in [3.8, 4) is 0 Å². The first kappa shape index (κ1) is 16.2. The number of nitrogens with one attached hydrogen (secondary N) is 1. The summed E-state index contributed by atoms with van der Waals surface area (Å²) in [7, 11) is -1.32. The number of piperidine rings is 2. The minimum atomic E-state index is -3.25. The summed E-state index contributed by atoms with van der Waals surface area (Å²) in [5.74, 6) is 1.53. The van der Waals surface area contributed by atoms with Crippen LogP contribution in [-0.4, -0.2) is 56.8 Å². The Kier molecular flexibility index (Phi) is 5.45. The predicted molar refractivity (Wildman–Crippen MR) is 81.7 cm³/mol. The summed E-state index contributed by atoms with van der Waals surface area (Å²) in [5, 5.41) is 3.17. The van der Waals surface area contributed by atoms with Gasteiger partial charge in [0.15, 0.2) is 0 Å². The molecule has 2 heterocycles. The van der Waals surface area contributed by atoms with Crippen LogP contribution in [0.1, 0.15) is 33.1 Å². The highest BCUT2D eigenvalue weighted by molar-refractivity contribution is 7.86. The Labute approximate surface area is 123 Å². The Morgan fingerprint density at radius 3 is 2.40 bits per heavy atom. The van der Waals surface area contributed by atoms with Crippen LogP contribution in [0.3, 0.4) is 0 Å². The molecule has 0 saturated carbocycles. The topological polar surface area (TPSA) is 52.7 Å². The van der Waals surface area contributed by atoms with Crippen molar-refractivity contribution in [3.63, 3.8) is 0 Å². The molecule has 0 amide bonds. The fourth-order valence-electron chi connectivity index (χ4n) is 3.29. The van der Waals surface area contributed by atoms with Gasteiger partial charge in [0.2, 0.25) is 0 Å². The third kappa shape index (κ3) is 3.53. The number of nitrogens with zero attached hydrogens (tertiary/aromatic N) is 2. The lowest BCUT2D eigenvalue weighted by Crippen LogP contribution is -2.52. The van der Waals surface area contributed by atoms with Gasteiger partial charge in [0.1, 0.15) is 0 Å².